The van der Waals surface area contributed by atoms with Crippen LogP contribution in [0.25, 0.3) is 6.08 Å². The number of rotatable bonds is 6. The third-order valence-electron chi connectivity index (χ3n) is 9.09. The van der Waals surface area contributed by atoms with Gasteiger partial charge in [0.25, 0.3) is 17.7 Å². The van der Waals surface area contributed by atoms with E-state index in [1.54, 1.807) is 36.4 Å². The number of halogens is 4. The van der Waals surface area contributed by atoms with Gasteiger partial charge in [-0.05, 0) is 90.4 Å². The van der Waals surface area contributed by atoms with Gasteiger partial charge in [-0.1, -0.05) is 82.8 Å². The van der Waals surface area contributed by atoms with Gasteiger partial charge in [-0.2, -0.15) is 10.2 Å². The van der Waals surface area contributed by atoms with Crippen LogP contribution >= 0.6 is 46.4 Å². The van der Waals surface area contributed by atoms with Crippen molar-refractivity contribution < 1.29 is 14.4 Å². The molecule has 9 nitrogen and oxygen atoms in total. The van der Waals surface area contributed by atoms with Crippen LogP contribution in [0.4, 0.5) is 5.69 Å². The van der Waals surface area contributed by atoms with Gasteiger partial charge in [-0.15, -0.1) is 0 Å². The number of hydrogen-bond donors (Lipinski definition) is 0. The molecule has 4 aliphatic rings. The minimum absolute atomic E-state index is 0.159. The highest BCUT2D eigenvalue weighted by Gasteiger charge is 2.55. The van der Waals surface area contributed by atoms with E-state index in [1.807, 2.05) is 37.3 Å². The number of aryl methyl sites for hydroxylation is 1. The lowest BCUT2D eigenvalue weighted by Crippen LogP contribution is -2.45. The molecular weight excluding hydrogens is 682 g/mol. The van der Waals surface area contributed by atoms with Crippen molar-refractivity contribution in [3.8, 4) is 0 Å². The number of anilines is 1. The van der Waals surface area contributed by atoms with Crippen molar-refractivity contribution >= 4 is 81.6 Å². The Morgan fingerprint density at radius 1 is 0.915 bits per heavy atom. The Hall–Kier alpha value is -3.76. The first kappa shape index (κ1) is 31.8. The van der Waals surface area contributed by atoms with Gasteiger partial charge in [0.15, 0.2) is 12.1 Å². The fraction of sp³-hybridized carbons (Fsp3) is 0.294. The molecule has 3 amide bonds. The number of allylic oxidation sites excluding steroid dienone is 1. The summed E-state index contributed by atoms with van der Waals surface area (Å²) < 4.78 is 0. The van der Waals surface area contributed by atoms with Crippen LogP contribution in [-0.4, -0.2) is 52.1 Å². The van der Waals surface area contributed by atoms with Crippen LogP contribution < -0.4 is 4.90 Å². The van der Waals surface area contributed by atoms with Gasteiger partial charge in [0.05, 0.1) is 17.4 Å². The Morgan fingerprint density at radius 2 is 1.64 bits per heavy atom. The van der Waals surface area contributed by atoms with E-state index in [1.165, 1.54) is 10.0 Å². The molecule has 1 aliphatic carbocycles. The van der Waals surface area contributed by atoms with Crippen molar-refractivity contribution in [1.29, 1.82) is 0 Å². The zero-order chi connectivity index (χ0) is 33.0. The van der Waals surface area contributed by atoms with E-state index in [0.717, 1.165) is 53.0 Å². The number of imide groups is 1. The van der Waals surface area contributed by atoms with Crippen molar-refractivity contribution in [2.24, 2.45) is 21.4 Å². The Bertz CT molecular complexity index is 1890. The predicted octanol–water partition coefficient (Wildman–Crippen LogP) is 7.98. The van der Waals surface area contributed by atoms with Crippen molar-refractivity contribution in [2.75, 3.05) is 11.4 Å². The zero-order valence-electron chi connectivity index (χ0n) is 25.1. The molecule has 7 rings (SSSR count). The van der Waals surface area contributed by atoms with Crippen LogP contribution in [-0.2, 0) is 20.8 Å². The molecule has 1 saturated heterocycles. The molecule has 3 aromatic carbocycles. The van der Waals surface area contributed by atoms with Crippen molar-refractivity contribution in [1.82, 2.24) is 10.0 Å². The standard InChI is InChI=1S/C34H28Cl4N6O3/c1-2-18-6-11-23(12-7-18)43-33(46)30-32(34(43)47)42(41-39-30)17-28(45)44-31(24-13-10-22(36)16-27(24)38)25-5-3-4-20(29(25)40-44)14-19-8-9-21(35)15-26(19)37/h6-16,25,30-32H,2-5,17H2,1H3/b20-14+/t25-,30-,31-,32-/m1/s1. The van der Waals surface area contributed by atoms with Gasteiger partial charge in [-0.25, -0.2) is 9.91 Å². The van der Waals surface area contributed by atoms with E-state index >= 15 is 0 Å². The second-order valence-electron chi connectivity index (χ2n) is 11.9. The molecule has 0 radical (unpaired) electrons. The first-order valence-electron chi connectivity index (χ1n) is 15.3. The van der Waals surface area contributed by atoms with Gasteiger partial charge in [0.2, 0.25) is 0 Å². The molecule has 3 heterocycles. The lowest BCUT2D eigenvalue weighted by atomic mass is 9.77. The molecule has 0 aromatic heterocycles. The topological polar surface area (TPSA) is 98.0 Å². The number of hydrazone groups is 1. The number of hydrogen-bond acceptors (Lipinski definition) is 7. The molecule has 1 saturated carbocycles. The number of fused-ring (bicyclic) bond motifs is 2. The first-order chi connectivity index (χ1) is 22.6. The van der Waals surface area contributed by atoms with E-state index < -0.39 is 35.8 Å². The number of carbonyl (C=O) groups excluding carboxylic acids is 3. The zero-order valence-corrected chi connectivity index (χ0v) is 28.1. The fourth-order valence-electron chi connectivity index (χ4n) is 6.76. The van der Waals surface area contributed by atoms with Gasteiger partial charge >= 0.3 is 0 Å². The third kappa shape index (κ3) is 5.73. The third-order valence-corrected chi connectivity index (χ3v) is 10.2. The van der Waals surface area contributed by atoms with Crippen molar-refractivity contribution in [3.05, 3.63) is 103 Å². The summed E-state index contributed by atoms with van der Waals surface area (Å²) in [5.41, 5.74) is 4.76. The molecule has 47 heavy (non-hydrogen) atoms. The molecule has 13 heteroatoms. The molecule has 2 fully saturated rings. The van der Waals surface area contributed by atoms with Crippen LogP contribution in [0.3, 0.4) is 0 Å². The summed E-state index contributed by atoms with van der Waals surface area (Å²) in [7, 11) is 0. The Kier molecular flexibility index (Phi) is 8.59. The quantitative estimate of drug-likeness (QED) is 0.243. The number of amides is 3. The summed E-state index contributed by atoms with van der Waals surface area (Å²) in [6.45, 7) is 1.71. The van der Waals surface area contributed by atoms with E-state index in [-0.39, 0.29) is 12.5 Å². The first-order valence-corrected chi connectivity index (χ1v) is 16.8. The smallest absolute Gasteiger partial charge is 0.264 e. The molecular formula is C34H28Cl4N6O3. The van der Waals surface area contributed by atoms with E-state index in [0.29, 0.717) is 31.3 Å². The van der Waals surface area contributed by atoms with Crippen molar-refractivity contribution in [2.45, 2.75) is 50.7 Å². The molecule has 0 N–H and O–H groups in total. The minimum atomic E-state index is -1.03. The van der Waals surface area contributed by atoms with E-state index in [9.17, 15) is 14.4 Å². The monoisotopic (exact) mass is 708 g/mol. The summed E-state index contributed by atoms with van der Waals surface area (Å²) in [6, 6.07) is 15.2. The van der Waals surface area contributed by atoms with Gasteiger partial charge in [-0.3, -0.25) is 19.4 Å². The van der Waals surface area contributed by atoms with Gasteiger partial charge < -0.3 is 0 Å². The van der Waals surface area contributed by atoms with Gasteiger partial charge in [0.1, 0.15) is 6.54 Å². The normalized spacial score (nSPS) is 24.3. The second-order valence-corrected chi connectivity index (χ2v) is 13.6. The van der Waals surface area contributed by atoms with Gasteiger partial charge in [0, 0.05) is 26.0 Å². The molecule has 240 valence electrons. The number of nitrogens with zero attached hydrogens (tertiary/aromatic N) is 6. The Labute approximate surface area is 291 Å². The van der Waals surface area contributed by atoms with Crippen LogP contribution in [0, 0.1) is 5.92 Å². The average Bonchev–Trinajstić information content (AvgIpc) is 3.72. The molecule has 0 bridgehead atoms. The van der Waals surface area contributed by atoms with Crippen molar-refractivity contribution in [3.63, 3.8) is 0 Å². The molecule has 0 spiro atoms. The highest BCUT2D eigenvalue weighted by atomic mass is 35.5. The minimum Gasteiger partial charge on any atom is -0.271 e. The Morgan fingerprint density at radius 3 is 2.34 bits per heavy atom. The highest BCUT2D eigenvalue weighted by molar-refractivity contribution is 6.36. The molecule has 3 aliphatic heterocycles. The Balaban J connectivity index is 1.20. The average molecular weight is 710 g/mol. The maximum Gasteiger partial charge on any atom is 0.264 e. The maximum atomic E-state index is 14.2. The van der Waals surface area contributed by atoms with Crippen LogP contribution in [0.15, 0.2) is 81.7 Å². The lowest BCUT2D eigenvalue weighted by Gasteiger charge is -2.31. The van der Waals surface area contributed by atoms with Crippen LogP contribution in [0.5, 0.6) is 0 Å². The maximum absolute atomic E-state index is 14.2. The SMILES string of the molecule is CCc1ccc(N2C(=O)[C@@H]3N=NN(CC(=O)N4N=C5/C(=C/c6ccc(Cl)cc6Cl)CCC[C@H]5[C@H]4c4ccc(Cl)cc4Cl)[C@H]3C2=O)cc1. The molecule has 4 atom stereocenters. The number of benzene rings is 3. The molecule has 3 aromatic rings. The fourth-order valence-corrected chi connectivity index (χ4v) is 7.75. The van der Waals surface area contributed by atoms with Crippen LogP contribution in [0.1, 0.15) is 48.9 Å². The number of carbonyl (C=O) groups is 3. The van der Waals surface area contributed by atoms with E-state index in [2.05, 4.69) is 10.3 Å². The summed E-state index contributed by atoms with van der Waals surface area (Å²) in [6.07, 6.45) is 5.19. The predicted molar refractivity (Wildman–Crippen MR) is 183 cm³/mol. The second kappa shape index (κ2) is 12.7. The lowest BCUT2D eigenvalue weighted by molar-refractivity contribution is -0.136. The summed E-state index contributed by atoms with van der Waals surface area (Å²) in [5, 5.41) is 17.8. The largest absolute Gasteiger partial charge is 0.271 e. The highest BCUT2D eigenvalue weighted by Crippen LogP contribution is 2.47. The van der Waals surface area contributed by atoms with Crippen LogP contribution in [0.2, 0.25) is 20.1 Å². The molecule has 0 unspecified atom stereocenters. The summed E-state index contributed by atoms with van der Waals surface area (Å²) in [4.78, 5) is 42.3. The summed E-state index contributed by atoms with van der Waals surface area (Å²) in [5.74, 6) is -1.53. The van der Waals surface area contributed by atoms with E-state index in [4.69, 9.17) is 51.5 Å². The summed E-state index contributed by atoms with van der Waals surface area (Å²) >= 11 is 25.6.